The minimum atomic E-state index is -4.76. The average molecular weight is 298 g/mol. The van der Waals surface area contributed by atoms with Gasteiger partial charge in [0.2, 0.25) is 0 Å². The number of carbonyl (C=O) groups excluding carboxylic acids is 1. The Kier molecular flexibility index (Phi) is 5.29. The molecule has 0 fully saturated rings. The van der Waals surface area contributed by atoms with Crippen molar-refractivity contribution in [2.75, 3.05) is 18.5 Å². The molecule has 1 aromatic rings. The molecule has 19 heavy (non-hydrogen) atoms. The summed E-state index contributed by atoms with van der Waals surface area (Å²) in [5.41, 5.74) is 0.420. The molecule has 0 radical (unpaired) electrons. The third-order valence-electron chi connectivity index (χ3n) is 1.90. The number of anilines is 1. The molecule has 0 saturated heterocycles. The van der Waals surface area contributed by atoms with Crippen LogP contribution in [-0.4, -0.2) is 25.5 Å². The molecule has 0 unspecified atom stereocenters. The average Bonchev–Trinajstić information content (AvgIpc) is 2.24. The van der Waals surface area contributed by atoms with Gasteiger partial charge in [-0.25, -0.2) is 0 Å². The molecular weight excluding hydrogens is 287 g/mol. The van der Waals surface area contributed by atoms with Crippen LogP contribution in [-0.2, 0) is 9.53 Å². The van der Waals surface area contributed by atoms with Crippen LogP contribution in [0, 0.1) is 0 Å². The van der Waals surface area contributed by atoms with Crippen LogP contribution < -0.4 is 10.1 Å². The fourth-order valence-corrected chi connectivity index (χ4v) is 1.45. The normalized spacial score (nSPS) is 11.0. The van der Waals surface area contributed by atoms with Crippen molar-refractivity contribution in [3.63, 3.8) is 0 Å². The second kappa shape index (κ2) is 6.51. The van der Waals surface area contributed by atoms with Gasteiger partial charge in [-0.05, 0) is 12.1 Å². The summed E-state index contributed by atoms with van der Waals surface area (Å²) in [6, 6.07) is 3.52. The number of rotatable bonds is 5. The van der Waals surface area contributed by atoms with Crippen molar-refractivity contribution >= 4 is 23.3 Å². The van der Waals surface area contributed by atoms with Crippen molar-refractivity contribution in [2.24, 2.45) is 0 Å². The summed E-state index contributed by atoms with van der Waals surface area (Å²) in [5, 5.41) is 2.89. The number of hydrogen-bond donors (Lipinski definition) is 1. The maximum atomic E-state index is 12.0. The predicted molar refractivity (Wildman–Crippen MR) is 63.3 cm³/mol. The Hall–Kier alpha value is -1.63. The van der Waals surface area contributed by atoms with E-state index >= 15 is 0 Å². The molecule has 1 aromatic carbocycles. The van der Waals surface area contributed by atoms with Crippen LogP contribution in [0.2, 0.25) is 5.02 Å². The van der Waals surface area contributed by atoms with Crippen LogP contribution in [0.4, 0.5) is 18.9 Å². The number of alkyl halides is 3. The number of hydrogen-bond acceptors (Lipinski definition) is 4. The fraction of sp³-hybridized carbons (Fsp3) is 0.364. The van der Waals surface area contributed by atoms with Gasteiger partial charge in [0.15, 0.2) is 0 Å². The number of halogens is 4. The fourth-order valence-electron chi connectivity index (χ4n) is 1.22. The maximum Gasteiger partial charge on any atom is 0.573 e. The van der Waals surface area contributed by atoms with Gasteiger partial charge in [0.25, 0.3) is 0 Å². The Morgan fingerprint density at radius 2 is 2.11 bits per heavy atom. The third kappa shape index (κ3) is 6.19. The largest absolute Gasteiger partial charge is 0.573 e. The van der Waals surface area contributed by atoms with Crippen LogP contribution in [0.25, 0.3) is 0 Å². The maximum absolute atomic E-state index is 12.0. The van der Waals surface area contributed by atoms with Gasteiger partial charge in [-0.15, -0.1) is 13.2 Å². The van der Waals surface area contributed by atoms with Crippen molar-refractivity contribution in [3.05, 3.63) is 23.2 Å². The molecule has 0 heterocycles. The number of esters is 1. The van der Waals surface area contributed by atoms with Crippen molar-refractivity contribution in [3.8, 4) is 5.75 Å². The van der Waals surface area contributed by atoms with Crippen LogP contribution in [0.5, 0.6) is 5.75 Å². The molecule has 0 saturated carbocycles. The van der Waals surface area contributed by atoms with Crippen LogP contribution in [0.1, 0.15) is 6.92 Å². The first-order valence-corrected chi connectivity index (χ1v) is 5.58. The van der Waals surface area contributed by atoms with Crippen LogP contribution in [0.15, 0.2) is 18.2 Å². The third-order valence-corrected chi connectivity index (χ3v) is 2.21. The number of ether oxygens (including phenoxy) is 2. The molecule has 0 aliphatic rings. The molecule has 1 rings (SSSR count). The first-order chi connectivity index (χ1) is 8.78. The van der Waals surface area contributed by atoms with E-state index in [0.717, 1.165) is 12.1 Å². The number of nitrogens with one attached hydrogen (secondary N) is 1. The highest BCUT2D eigenvalue weighted by Gasteiger charge is 2.31. The Labute approximate surface area is 112 Å². The van der Waals surface area contributed by atoms with E-state index in [0.29, 0.717) is 12.2 Å². The zero-order chi connectivity index (χ0) is 14.5. The molecular formula is C11H11ClF3NO3. The summed E-state index contributed by atoms with van der Waals surface area (Å²) in [7, 11) is 0. The monoisotopic (exact) mass is 297 g/mol. The van der Waals surface area contributed by atoms with Crippen LogP contribution >= 0.6 is 11.6 Å². The van der Waals surface area contributed by atoms with E-state index < -0.39 is 18.1 Å². The van der Waals surface area contributed by atoms with Gasteiger partial charge in [0, 0.05) is 19.5 Å². The molecule has 0 spiro atoms. The zero-order valence-electron chi connectivity index (χ0n) is 9.88. The standard InChI is InChI=1S/C11H11ClF3NO3/c1-7(17)18-5-4-16-10-3-2-8(6-9(10)12)19-11(13,14)15/h2-3,6,16H,4-5H2,1H3. The van der Waals surface area contributed by atoms with Crippen molar-refractivity contribution in [1.82, 2.24) is 0 Å². The molecule has 1 N–H and O–H groups in total. The predicted octanol–water partition coefficient (Wildman–Crippen LogP) is 3.21. The van der Waals surface area contributed by atoms with Gasteiger partial charge in [0.05, 0.1) is 10.7 Å². The van der Waals surface area contributed by atoms with Crippen LogP contribution in [0.3, 0.4) is 0 Å². The van der Waals surface area contributed by atoms with Gasteiger partial charge >= 0.3 is 12.3 Å². The quantitative estimate of drug-likeness (QED) is 0.669. The first-order valence-electron chi connectivity index (χ1n) is 5.20. The lowest BCUT2D eigenvalue weighted by Gasteiger charge is -2.12. The molecule has 0 aliphatic heterocycles. The molecule has 4 nitrogen and oxygen atoms in total. The number of benzene rings is 1. The van der Waals surface area contributed by atoms with Crippen molar-refractivity contribution in [1.29, 1.82) is 0 Å². The van der Waals surface area contributed by atoms with E-state index in [1.807, 2.05) is 0 Å². The molecule has 0 bridgehead atoms. The molecule has 0 aromatic heterocycles. The zero-order valence-corrected chi connectivity index (χ0v) is 10.6. The summed E-state index contributed by atoms with van der Waals surface area (Å²) >= 11 is 5.78. The lowest BCUT2D eigenvalue weighted by atomic mass is 10.3. The second-order valence-electron chi connectivity index (χ2n) is 3.46. The van der Waals surface area contributed by atoms with E-state index in [2.05, 4.69) is 14.8 Å². The summed E-state index contributed by atoms with van der Waals surface area (Å²) in [6.07, 6.45) is -4.76. The Morgan fingerprint density at radius 3 is 2.63 bits per heavy atom. The highest BCUT2D eigenvalue weighted by Crippen LogP contribution is 2.30. The van der Waals surface area contributed by atoms with Gasteiger partial charge in [-0.3, -0.25) is 4.79 Å². The summed E-state index contributed by atoms with van der Waals surface area (Å²) in [6.45, 7) is 1.70. The van der Waals surface area contributed by atoms with E-state index in [9.17, 15) is 18.0 Å². The number of carbonyl (C=O) groups is 1. The SMILES string of the molecule is CC(=O)OCCNc1ccc(OC(F)(F)F)cc1Cl. The van der Waals surface area contributed by atoms with E-state index in [4.69, 9.17) is 11.6 Å². The minimum Gasteiger partial charge on any atom is -0.464 e. The topological polar surface area (TPSA) is 47.6 Å². The molecule has 0 aliphatic carbocycles. The van der Waals surface area contributed by atoms with Crippen molar-refractivity contribution < 1.29 is 27.4 Å². The molecule has 0 amide bonds. The summed E-state index contributed by atoms with van der Waals surface area (Å²) < 4.78 is 44.3. The lowest BCUT2D eigenvalue weighted by molar-refractivity contribution is -0.274. The van der Waals surface area contributed by atoms with Crippen molar-refractivity contribution in [2.45, 2.75) is 13.3 Å². The van der Waals surface area contributed by atoms with Gasteiger partial charge in [-0.1, -0.05) is 11.6 Å². The highest BCUT2D eigenvalue weighted by atomic mass is 35.5. The summed E-state index contributed by atoms with van der Waals surface area (Å²) in [4.78, 5) is 10.5. The Bertz CT molecular complexity index is 451. The minimum absolute atomic E-state index is 0.0737. The molecule has 106 valence electrons. The smallest absolute Gasteiger partial charge is 0.464 e. The first kappa shape index (κ1) is 15.4. The second-order valence-corrected chi connectivity index (χ2v) is 3.86. The molecule has 0 atom stereocenters. The van der Waals surface area contributed by atoms with Gasteiger partial charge < -0.3 is 14.8 Å². The van der Waals surface area contributed by atoms with Gasteiger partial charge in [0.1, 0.15) is 12.4 Å². The van der Waals surface area contributed by atoms with Gasteiger partial charge in [-0.2, -0.15) is 0 Å². The Balaban J connectivity index is 2.55. The Morgan fingerprint density at radius 1 is 1.42 bits per heavy atom. The highest BCUT2D eigenvalue weighted by molar-refractivity contribution is 6.33. The lowest BCUT2D eigenvalue weighted by Crippen LogP contribution is -2.17. The van der Waals surface area contributed by atoms with E-state index in [-0.39, 0.29) is 11.6 Å². The van der Waals surface area contributed by atoms with E-state index in [1.165, 1.54) is 13.0 Å². The molecule has 8 heteroatoms. The summed E-state index contributed by atoms with van der Waals surface area (Å²) in [5.74, 6) is -0.815. The van der Waals surface area contributed by atoms with E-state index in [1.54, 1.807) is 0 Å².